The number of benzene rings is 2. The Hall–Kier alpha value is -2.01. The van der Waals surface area contributed by atoms with Crippen molar-refractivity contribution in [2.24, 2.45) is 4.99 Å². The number of nitrogens with zero attached hydrogens (tertiary/aromatic N) is 1. The van der Waals surface area contributed by atoms with Gasteiger partial charge in [0.2, 0.25) is 0 Å². The van der Waals surface area contributed by atoms with Gasteiger partial charge in [-0.25, -0.2) is 8.42 Å². The Morgan fingerprint density at radius 1 is 1.07 bits per heavy atom. The molecule has 0 unspecified atom stereocenters. The Labute approximate surface area is 182 Å². The normalized spacial score (nSPS) is 13.9. The molecule has 1 heterocycles. The molecule has 0 bridgehead atoms. The summed E-state index contributed by atoms with van der Waals surface area (Å²) in [5.74, 6) is 2.05. The topological polar surface area (TPSA) is 89.0 Å². The van der Waals surface area contributed by atoms with Crippen LogP contribution in [0.5, 0.6) is 11.5 Å². The van der Waals surface area contributed by atoms with Gasteiger partial charge in [-0.1, -0.05) is 12.1 Å². The van der Waals surface area contributed by atoms with Crippen LogP contribution in [0.1, 0.15) is 12.0 Å². The minimum absolute atomic E-state index is 0. The van der Waals surface area contributed by atoms with Gasteiger partial charge in [-0.15, -0.1) is 24.0 Å². The fourth-order valence-electron chi connectivity index (χ4n) is 2.60. The number of nitrogens with one attached hydrogen (secondary N) is 2. The van der Waals surface area contributed by atoms with Gasteiger partial charge in [0.05, 0.1) is 18.1 Å². The van der Waals surface area contributed by atoms with Crippen molar-refractivity contribution in [3.63, 3.8) is 0 Å². The van der Waals surface area contributed by atoms with E-state index in [1.54, 1.807) is 31.3 Å². The van der Waals surface area contributed by atoms with Crippen molar-refractivity contribution in [1.29, 1.82) is 0 Å². The van der Waals surface area contributed by atoms with Crippen molar-refractivity contribution in [2.75, 3.05) is 31.8 Å². The molecule has 152 valence electrons. The van der Waals surface area contributed by atoms with Gasteiger partial charge >= 0.3 is 0 Å². The Morgan fingerprint density at radius 3 is 2.39 bits per heavy atom. The number of rotatable bonds is 4. The average Bonchev–Trinajstić information content (AvgIpc) is 2.89. The monoisotopic (exact) mass is 517 g/mol. The zero-order valence-electron chi connectivity index (χ0n) is 15.8. The number of aliphatic imine (C=N–C) groups is 1. The Balaban J connectivity index is 0.00000280. The molecule has 0 fully saturated rings. The molecule has 0 saturated heterocycles. The number of hydrogen-bond acceptors (Lipinski definition) is 5. The molecule has 0 spiro atoms. The molecule has 0 radical (unpaired) electrons. The van der Waals surface area contributed by atoms with Crippen molar-refractivity contribution in [2.45, 2.75) is 17.9 Å². The quantitative estimate of drug-likeness (QED) is 0.368. The van der Waals surface area contributed by atoms with Crippen LogP contribution in [0, 0.1) is 0 Å². The van der Waals surface area contributed by atoms with Crippen LogP contribution in [0.25, 0.3) is 0 Å². The number of anilines is 1. The van der Waals surface area contributed by atoms with Crippen molar-refractivity contribution in [1.82, 2.24) is 5.32 Å². The maximum absolute atomic E-state index is 11.5. The van der Waals surface area contributed by atoms with Crippen LogP contribution in [0.3, 0.4) is 0 Å². The predicted molar refractivity (Wildman–Crippen MR) is 121 cm³/mol. The highest BCUT2D eigenvalue weighted by molar-refractivity contribution is 14.0. The molecule has 28 heavy (non-hydrogen) atoms. The predicted octanol–water partition coefficient (Wildman–Crippen LogP) is 3.06. The standard InChI is InChI=1S/C19H23N3O4S.HI/c1-20-19(21-13-14-4-7-16(8-5-14)27(2,23)24)22-15-6-9-17-18(12-15)26-11-3-10-25-17;/h4-9,12H,3,10-11,13H2,1-2H3,(H2,20,21,22);1H. The molecule has 0 saturated carbocycles. The largest absolute Gasteiger partial charge is 0.490 e. The van der Waals surface area contributed by atoms with Gasteiger partial charge in [0.25, 0.3) is 0 Å². The maximum Gasteiger partial charge on any atom is 0.195 e. The molecule has 0 atom stereocenters. The van der Waals surface area contributed by atoms with E-state index in [0.29, 0.717) is 36.4 Å². The number of fused-ring (bicyclic) bond motifs is 1. The summed E-state index contributed by atoms with van der Waals surface area (Å²) >= 11 is 0. The highest BCUT2D eigenvalue weighted by atomic mass is 127. The number of ether oxygens (including phenoxy) is 2. The molecule has 9 heteroatoms. The van der Waals surface area contributed by atoms with E-state index >= 15 is 0 Å². The second-order valence-corrected chi connectivity index (χ2v) is 8.19. The molecule has 2 N–H and O–H groups in total. The third-order valence-corrected chi connectivity index (χ3v) is 5.17. The van der Waals surface area contributed by atoms with Gasteiger partial charge in [0.15, 0.2) is 27.3 Å². The molecule has 0 aromatic heterocycles. The van der Waals surface area contributed by atoms with Crippen molar-refractivity contribution in [3.8, 4) is 11.5 Å². The lowest BCUT2D eigenvalue weighted by atomic mass is 10.2. The first kappa shape index (κ1) is 22.3. The van der Waals surface area contributed by atoms with Crippen LogP contribution < -0.4 is 20.1 Å². The number of guanidine groups is 1. The molecule has 7 nitrogen and oxygen atoms in total. The molecule has 0 amide bonds. The molecular formula is C19H24IN3O4S. The van der Waals surface area contributed by atoms with E-state index in [0.717, 1.165) is 23.4 Å². The highest BCUT2D eigenvalue weighted by Gasteiger charge is 2.11. The summed E-state index contributed by atoms with van der Waals surface area (Å²) in [6, 6.07) is 12.4. The molecule has 1 aliphatic heterocycles. The summed E-state index contributed by atoms with van der Waals surface area (Å²) in [6.45, 7) is 1.79. The van der Waals surface area contributed by atoms with Gasteiger partial charge in [-0.2, -0.15) is 0 Å². The van der Waals surface area contributed by atoms with E-state index in [-0.39, 0.29) is 24.0 Å². The Kier molecular flexibility index (Phi) is 7.93. The van der Waals surface area contributed by atoms with Crippen molar-refractivity contribution in [3.05, 3.63) is 48.0 Å². The van der Waals surface area contributed by atoms with E-state index < -0.39 is 9.84 Å². The van der Waals surface area contributed by atoms with Crippen LogP contribution in [0.2, 0.25) is 0 Å². The minimum atomic E-state index is -3.19. The van der Waals surface area contributed by atoms with E-state index in [9.17, 15) is 8.42 Å². The summed E-state index contributed by atoms with van der Waals surface area (Å²) < 4.78 is 34.4. The average molecular weight is 517 g/mol. The lowest BCUT2D eigenvalue weighted by Crippen LogP contribution is -2.30. The van der Waals surface area contributed by atoms with Crippen LogP contribution in [-0.2, 0) is 16.4 Å². The van der Waals surface area contributed by atoms with Crippen LogP contribution >= 0.6 is 24.0 Å². The molecule has 3 rings (SSSR count). The van der Waals surface area contributed by atoms with Gasteiger partial charge in [-0.3, -0.25) is 4.99 Å². The van der Waals surface area contributed by atoms with Gasteiger partial charge in [-0.05, 0) is 29.8 Å². The van der Waals surface area contributed by atoms with Crippen molar-refractivity contribution >= 4 is 45.5 Å². The van der Waals surface area contributed by atoms with Gasteiger partial charge in [0, 0.05) is 38.0 Å². The summed E-state index contributed by atoms with van der Waals surface area (Å²) in [6.07, 6.45) is 2.06. The second kappa shape index (κ2) is 9.97. The third kappa shape index (κ3) is 5.99. The minimum Gasteiger partial charge on any atom is -0.490 e. The summed E-state index contributed by atoms with van der Waals surface area (Å²) in [5.41, 5.74) is 1.78. The second-order valence-electron chi connectivity index (χ2n) is 6.18. The molecule has 0 aliphatic carbocycles. The van der Waals surface area contributed by atoms with E-state index in [1.807, 2.05) is 18.2 Å². The van der Waals surface area contributed by atoms with Crippen LogP contribution in [0.4, 0.5) is 5.69 Å². The molecular weight excluding hydrogens is 493 g/mol. The number of sulfone groups is 1. The zero-order valence-corrected chi connectivity index (χ0v) is 18.9. The fraction of sp³-hybridized carbons (Fsp3) is 0.316. The fourth-order valence-corrected chi connectivity index (χ4v) is 3.23. The van der Waals surface area contributed by atoms with Crippen molar-refractivity contribution < 1.29 is 17.9 Å². The Morgan fingerprint density at radius 2 is 1.75 bits per heavy atom. The lowest BCUT2D eigenvalue weighted by Gasteiger charge is -2.14. The number of hydrogen-bond donors (Lipinski definition) is 2. The number of halogens is 1. The van der Waals surface area contributed by atoms with E-state index in [1.165, 1.54) is 6.26 Å². The summed E-state index contributed by atoms with van der Waals surface area (Å²) in [7, 11) is -1.50. The van der Waals surface area contributed by atoms with Crippen LogP contribution in [-0.4, -0.2) is 40.9 Å². The maximum atomic E-state index is 11.5. The Bertz CT molecular complexity index is 931. The first-order valence-corrected chi connectivity index (χ1v) is 10.5. The lowest BCUT2D eigenvalue weighted by molar-refractivity contribution is 0.297. The SMILES string of the molecule is CN=C(NCc1ccc(S(C)(=O)=O)cc1)Nc1ccc2c(c1)OCCCO2.I. The first-order valence-electron chi connectivity index (χ1n) is 8.62. The molecule has 2 aromatic carbocycles. The van der Waals surface area contributed by atoms with Gasteiger partial charge < -0.3 is 20.1 Å². The van der Waals surface area contributed by atoms with E-state index in [4.69, 9.17) is 9.47 Å². The highest BCUT2D eigenvalue weighted by Crippen LogP contribution is 2.32. The zero-order chi connectivity index (χ0) is 19.3. The molecule has 2 aromatic rings. The summed E-state index contributed by atoms with van der Waals surface area (Å²) in [5, 5.41) is 6.41. The first-order chi connectivity index (χ1) is 13.0. The van der Waals surface area contributed by atoms with Crippen LogP contribution in [0.15, 0.2) is 52.4 Å². The smallest absolute Gasteiger partial charge is 0.195 e. The van der Waals surface area contributed by atoms with Gasteiger partial charge in [0.1, 0.15) is 0 Å². The third-order valence-electron chi connectivity index (χ3n) is 4.05. The molecule has 1 aliphatic rings. The van der Waals surface area contributed by atoms with E-state index in [2.05, 4.69) is 15.6 Å². The summed E-state index contributed by atoms with van der Waals surface area (Å²) in [4.78, 5) is 4.52.